The number of benzene rings is 2. The molecule has 0 aliphatic carbocycles. The molecule has 1 N–H and O–H groups in total. The predicted octanol–water partition coefficient (Wildman–Crippen LogP) is 4.71. The SMILES string of the molecule is COc1cccc2cc(C(=O)Nc3nnc(SCc4ccc(C#N)cc4)s3)oc12. The molecule has 0 radical (unpaired) electrons. The van der Waals surface area contributed by atoms with Crippen molar-refractivity contribution in [3.63, 3.8) is 0 Å². The lowest BCUT2D eigenvalue weighted by atomic mass is 10.2. The average molecular weight is 422 g/mol. The van der Waals surface area contributed by atoms with Gasteiger partial charge in [-0.3, -0.25) is 10.1 Å². The molecule has 0 aliphatic rings. The summed E-state index contributed by atoms with van der Waals surface area (Å²) in [5, 5.41) is 20.8. The smallest absolute Gasteiger partial charge is 0.293 e. The van der Waals surface area contributed by atoms with E-state index in [0.717, 1.165) is 15.3 Å². The molecule has 0 spiro atoms. The highest BCUT2D eigenvalue weighted by atomic mass is 32.2. The molecule has 0 aliphatic heterocycles. The van der Waals surface area contributed by atoms with Gasteiger partial charge in [0.1, 0.15) is 0 Å². The largest absolute Gasteiger partial charge is 0.493 e. The fourth-order valence-corrected chi connectivity index (χ4v) is 4.31. The first-order valence-corrected chi connectivity index (χ1v) is 10.3. The number of furan rings is 1. The first-order chi connectivity index (χ1) is 14.2. The topological polar surface area (TPSA) is 101 Å². The third-order valence-corrected chi connectivity index (χ3v) is 6.07. The van der Waals surface area contributed by atoms with Crippen LogP contribution in [-0.4, -0.2) is 23.2 Å². The summed E-state index contributed by atoms with van der Waals surface area (Å²) in [5.41, 5.74) is 2.23. The summed E-state index contributed by atoms with van der Waals surface area (Å²) in [7, 11) is 1.55. The summed E-state index contributed by atoms with van der Waals surface area (Å²) in [4.78, 5) is 12.5. The van der Waals surface area contributed by atoms with E-state index in [4.69, 9.17) is 14.4 Å². The summed E-state index contributed by atoms with van der Waals surface area (Å²) in [6, 6.07) is 16.6. The van der Waals surface area contributed by atoms with Gasteiger partial charge < -0.3 is 9.15 Å². The highest BCUT2D eigenvalue weighted by Gasteiger charge is 2.17. The maximum absolute atomic E-state index is 12.5. The van der Waals surface area contributed by atoms with Crippen molar-refractivity contribution in [2.45, 2.75) is 10.1 Å². The number of hydrogen-bond acceptors (Lipinski definition) is 8. The zero-order valence-electron chi connectivity index (χ0n) is 15.2. The Kier molecular flexibility index (Phi) is 5.46. The van der Waals surface area contributed by atoms with Crippen LogP contribution in [0, 0.1) is 11.3 Å². The molecule has 0 atom stereocenters. The quantitative estimate of drug-likeness (QED) is 0.355. The van der Waals surface area contributed by atoms with Gasteiger partial charge in [-0.2, -0.15) is 5.26 Å². The number of thioether (sulfide) groups is 1. The van der Waals surface area contributed by atoms with Crippen LogP contribution in [0.2, 0.25) is 0 Å². The summed E-state index contributed by atoms with van der Waals surface area (Å²) in [5.74, 6) is 1.03. The van der Waals surface area contributed by atoms with Gasteiger partial charge in [0.05, 0.1) is 18.7 Å². The Labute approximate surface area is 174 Å². The second-order valence-electron chi connectivity index (χ2n) is 5.91. The molecule has 7 nitrogen and oxygen atoms in total. The van der Waals surface area contributed by atoms with E-state index in [0.29, 0.717) is 27.8 Å². The summed E-state index contributed by atoms with van der Waals surface area (Å²) < 4.78 is 11.6. The van der Waals surface area contributed by atoms with Crippen LogP contribution >= 0.6 is 23.1 Å². The van der Waals surface area contributed by atoms with E-state index in [1.807, 2.05) is 24.3 Å². The molecule has 2 aromatic carbocycles. The van der Waals surface area contributed by atoms with E-state index in [1.165, 1.54) is 23.1 Å². The lowest BCUT2D eigenvalue weighted by molar-refractivity contribution is 0.0998. The fraction of sp³-hybridized carbons (Fsp3) is 0.100. The van der Waals surface area contributed by atoms with Gasteiger partial charge in [0.15, 0.2) is 21.4 Å². The van der Waals surface area contributed by atoms with Crippen LogP contribution in [0.25, 0.3) is 11.0 Å². The van der Waals surface area contributed by atoms with Crippen LogP contribution in [0.15, 0.2) is 57.3 Å². The molecule has 4 aromatic rings. The molecule has 9 heteroatoms. The molecule has 144 valence electrons. The Morgan fingerprint density at radius 3 is 2.86 bits per heavy atom. The van der Waals surface area contributed by atoms with E-state index in [9.17, 15) is 4.79 Å². The van der Waals surface area contributed by atoms with Gasteiger partial charge in [0, 0.05) is 11.1 Å². The first-order valence-electron chi connectivity index (χ1n) is 8.49. The number of nitrogens with one attached hydrogen (secondary N) is 1. The molecule has 29 heavy (non-hydrogen) atoms. The van der Waals surface area contributed by atoms with Crippen molar-refractivity contribution in [3.05, 3.63) is 65.4 Å². The van der Waals surface area contributed by atoms with E-state index in [-0.39, 0.29) is 5.76 Å². The van der Waals surface area contributed by atoms with E-state index >= 15 is 0 Å². The molecular weight excluding hydrogens is 408 g/mol. The van der Waals surface area contributed by atoms with Gasteiger partial charge in [-0.1, -0.05) is 47.4 Å². The Morgan fingerprint density at radius 1 is 1.28 bits per heavy atom. The third-order valence-electron chi connectivity index (χ3n) is 4.02. The fourth-order valence-electron chi connectivity index (χ4n) is 2.61. The summed E-state index contributed by atoms with van der Waals surface area (Å²) >= 11 is 2.80. The zero-order chi connectivity index (χ0) is 20.2. The van der Waals surface area contributed by atoms with Crippen molar-refractivity contribution < 1.29 is 13.9 Å². The van der Waals surface area contributed by atoms with Crippen LogP contribution in [0.3, 0.4) is 0 Å². The first kappa shape index (κ1) is 19.0. The number of amides is 1. The van der Waals surface area contributed by atoms with Crippen molar-refractivity contribution in [3.8, 4) is 11.8 Å². The monoisotopic (exact) mass is 422 g/mol. The summed E-state index contributed by atoms with van der Waals surface area (Å²) in [6.07, 6.45) is 0. The van der Waals surface area contributed by atoms with Crippen molar-refractivity contribution in [2.24, 2.45) is 0 Å². The molecule has 0 fully saturated rings. The van der Waals surface area contributed by atoms with Crippen molar-refractivity contribution in [2.75, 3.05) is 12.4 Å². The number of fused-ring (bicyclic) bond motifs is 1. The van der Waals surface area contributed by atoms with E-state index < -0.39 is 5.91 Å². The minimum Gasteiger partial charge on any atom is -0.493 e. The molecule has 0 saturated carbocycles. The highest BCUT2D eigenvalue weighted by Crippen LogP contribution is 2.31. The number of nitriles is 1. The molecular formula is C20H14N4O3S2. The van der Waals surface area contributed by atoms with E-state index in [1.54, 1.807) is 31.4 Å². The second-order valence-corrected chi connectivity index (χ2v) is 8.11. The Morgan fingerprint density at radius 2 is 2.10 bits per heavy atom. The van der Waals surface area contributed by atoms with Gasteiger partial charge in [-0.15, -0.1) is 10.2 Å². The maximum Gasteiger partial charge on any atom is 0.293 e. The molecule has 0 unspecified atom stereocenters. The van der Waals surface area contributed by atoms with E-state index in [2.05, 4.69) is 21.6 Å². The Hall–Kier alpha value is -3.35. The van der Waals surface area contributed by atoms with Gasteiger partial charge in [-0.05, 0) is 29.8 Å². The van der Waals surface area contributed by atoms with Crippen molar-refractivity contribution >= 4 is 45.1 Å². The van der Waals surface area contributed by atoms with Crippen molar-refractivity contribution in [1.29, 1.82) is 5.26 Å². The number of carbonyl (C=O) groups excluding carboxylic acids is 1. The number of methoxy groups -OCH3 is 1. The predicted molar refractivity (Wildman–Crippen MR) is 111 cm³/mol. The van der Waals surface area contributed by atoms with Crippen LogP contribution in [0.4, 0.5) is 5.13 Å². The third kappa shape index (κ3) is 4.23. The Bertz CT molecular complexity index is 1210. The zero-order valence-corrected chi connectivity index (χ0v) is 16.8. The minimum absolute atomic E-state index is 0.173. The molecule has 1 amide bonds. The lowest BCUT2D eigenvalue weighted by Gasteiger charge is -1.99. The number of aromatic nitrogens is 2. The minimum atomic E-state index is -0.400. The van der Waals surface area contributed by atoms with Gasteiger partial charge in [-0.25, -0.2) is 0 Å². The van der Waals surface area contributed by atoms with Gasteiger partial charge in [0.25, 0.3) is 5.91 Å². The van der Waals surface area contributed by atoms with Gasteiger partial charge in [0.2, 0.25) is 5.13 Å². The maximum atomic E-state index is 12.5. The number of hydrogen-bond donors (Lipinski definition) is 1. The van der Waals surface area contributed by atoms with Crippen LogP contribution < -0.4 is 10.1 Å². The number of nitrogens with zero attached hydrogens (tertiary/aromatic N) is 3. The number of anilines is 1. The average Bonchev–Trinajstić information content (AvgIpc) is 3.39. The lowest BCUT2D eigenvalue weighted by Crippen LogP contribution is -2.10. The second kappa shape index (κ2) is 8.34. The summed E-state index contributed by atoms with van der Waals surface area (Å²) in [6.45, 7) is 0. The molecule has 2 heterocycles. The highest BCUT2D eigenvalue weighted by molar-refractivity contribution is 8.00. The molecule has 2 aromatic heterocycles. The number of carbonyl (C=O) groups is 1. The number of para-hydroxylation sites is 1. The Balaban J connectivity index is 1.40. The number of ether oxygens (including phenoxy) is 1. The molecule has 0 bridgehead atoms. The van der Waals surface area contributed by atoms with Crippen LogP contribution in [0.5, 0.6) is 5.75 Å². The van der Waals surface area contributed by atoms with Crippen molar-refractivity contribution in [1.82, 2.24) is 10.2 Å². The van der Waals surface area contributed by atoms with Gasteiger partial charge >= 0.3 is 0 Å². The standard InChI is InChI=1S/C20H14N4O3S2/c1-26-15-4-2-3-14-9-16(27-17(14)15)18(25)22-19-23-24-20(29-19)28-11-13-7-5-12(10-21)6-8-13/h2-9H,11H2,1H3,(H,22,23,25). The molecule has 4 rings (SSSR count). The molecule has 0 saturated heterocycles. The number of rotatable bonds is 6. The van der Waals surface area contributed by atoms with Crippen LogP contribution in [0.1, 0.15) is 21.7 Å². The normalized spacial score (nSPS) is 10.6. The van der Waals surface area contributed by atoms with Crippen LogP contribution in [-0.2, 0) is 5.75 Å².